The Kier molecular flexibility index (Phi) is 8.74. The lowest BCUT2D eigenvalue weighted by molar-refractivity contribution is -0.161. The number of pyridine rings is 1. The number of benzene rings is 1. The third-order valence-corrected chi connectivity index (χ3v) is 6.62. The molecular formula is C27H31F3N6O4. The Morgan fingerprint density at radius 2 is 1.88 bits per heavy atom. The van der Waals surface area contributed by atoms with Crippen LogP contribution in [0.5, 0.6) is 5.88 Å². The fourth-order valence-electron chi connectivity index (χ4n) is 4.49. The molecule has 2 aromatic heterocycles. The molecule has 0 spiro atoms. The van der Waals surface area contributed by atoms with Gasteiger partial charge >= 0.3 is 12.1 Å². The maximum Gasteiger partial charge on any atom is 0.422 e. The molecule has 1 aliphatic heterocycles. The average Bonchev–Trinajstić information content (AvgIpc) is 3.39. The van der Waals surface area contributed by atoms with Crippen LogP contribution in [0.4, 0.5) is 18.9 Å². The summed E-state index contributed by atoms with van der Waals surface area (Å²) in [5.74, 6) is -0.505. The van der Waals surface area contributed by atoms with Crippen LogP contribution in [-0.4, -0.2) is 84.1 Å². The van der Waals surface area contributed by atoms with Crippen molar-refractivity contribution in [1.29, 1.82) is 5.41 Å². The van der Waals surface area contributed by atoms with E-state index in [0.29, 0.717) is 40.6 Å². The van der Waals surface area contributed by atoms with Crippen molar-refractivity contribution in [1.82, 2.24) is 19.8 Å². The first-order valence-corrected chi connectivity index (χ1v) is 12.6. The zero-order valence-corrected chi connectivity index (χ0v) is 22.4. The van der Waals surface area contributed by atoms with E-state index in [4.69, 9.17) is 20.3 Å². The number of hydrogen-bond donors (Lipinski definition) is 2. The van der Waals surface area contributed by atoms with Gasteiger partial charge in [0.2, 0.25) is 11.8 Å². The quantitative estimate of drug-likeness (QED) is 0.224. The monoisotopic (exact) mass is 560 g/mol. The lowest BCUT2D eigenvalue weighted by Crippen LogP contribution is -2.48. The van der Waals surface area contributed by atoms with Crippen LogP contribution >= 0.6 is 0 Å². The smallest absolute Gasteiger partial charge is 0.422 e. The Hall–Kier alpha value is -3.97. The van der Waals surface area contributed by atoms with Gasteiger partial charge in [-0.05, 0) is 37.6 Å². The second kappa shape index (κ2) is 12.0. The molecule has 40 heavy (non-hydrogen) atoms. The molecule has 3 N–H and O–H groups in total. The molecule has 1 aromatic carbocycles. The minimum absolute atomic E-state index is 0.188. The summed E-state index contributed by atoms with van der Waals surface area (Å²) in [4.78, 5) is 25.6. The van der Waals surface area contributed by atoms with Gasteiger partial charge in [-0.2, -0.15) is 13.2 Å². The first-order valence-electron chi connectivity index (χ1n) is 12.6. The lowest BCUT2D eigenvalue weighted by Gasteiger charge is -2.36. The SMILES string of the molecule is COc1ncc(-c2cc(N)c(C=N)c(-c3ncc(CN4CCN(C(C)C)CC4)o3)c2)cc1C(=O)OCC(F)(F)F. The van der Waals surface area contributed by atoms with Gasteiger partial charge in [-0.1, -0.05) is 0 Å². The van der Waals surface area contributed by atoms with Gasteiger partial charge in [0, 0.05) is 67.0 Å². The summed E-state index contributed by atoms with van der Waals surface area (Å²) in [7, 11) is 1.24. The molecule has 10 nitrogen and oxygen atoms in total. The number of oxazole rings is 1. The molecule has 0 radical (unpaired) electrons. The van der Waals surface area contributed by atoms with E-state index in [1.54, 1.807) is 18.3 Å². The number of carbonyl (C=O) groups excluding carboxylic acids is 1. The number of anilines is 1. The van der Waals surface area contributed by atoms with Crippen LogP contribution in [-0.2, 0) is 11.3 Å². The highest BCUT2D eigenvalue weighted by molar-refractivity contribution is 5.97. The molecule has 1 aliphatic rings. The fraction of sp³-hybridized carbons (Fsp3) is 0.407. The molecule has 0 aliphatic carbocycles. The molecule has 13 heteroatoms. The molecule has 214 valence electrons. The van der Waals surface area contributed by atoms with Crippen LogP contribution in [0.2, 0.25) is 0 Å². The molecule has 0 amide bonds. The van der Waals surface area contributed by atoms with Gasteiger partial charge < -0.3 is 25.0 Å². The highest BCUT2D eigenvalue weighted by Crippen LogP contribution is 2.34. The zero-order valence-electron chi connectivity index (χ0n) is 22.4. The predicted molar refractivity (Wildman–Crippen MR) is 142 cm³/mol. The van der Waals surface area contributed by atoms with E-state index in [1.807, 2.05) is 0 Å². The molecule has 3 aromatic rings. The summed E-state index contributed by atoms with van der Waals surface area (Å²) >= 11 is 0. The van der Waals surface area contributed by atoms with Gasteiger partial charge in [0.25, 0.3) is 0 Å². The fourth-order valence-corrected chi connectivity index (χ4v) is 4.49. The number of rotatable bonds is 9. The number of nitrogen functional groups attached to an aromatic ring is 1. The summed E-state index contributed by atoms with van der Waals surface area (Å²) in [5.41, 5.74) is 7.87. The standard InChI is InChI=1S/C27H31F3N6O4/c1-16(2)36-6-4-35(5-7-36)14-19-13-34-25(40-19)20-8-17(10-23(32)22(20)11-31)18-9-21(24(38-3)33-12-18)26(37)39-15-27(28,29)30/h8-13,16,31H,4-7,14-15,32H2,1-3H3. The summed E-state index contributed by atoms with van der Waals surface area (Å²) in [6, 6.07) is 5.04. The second-order valence-corrected chi connectivity index (χ2v) is 9.68. The number of ether oxygens (including phenoxy) is 2. The van der Waals surface area contributed by atoms with Crippen molar-refractivity contribution in [3.8, 4) is 28.5 Å². The number of carbonyl (C=O) groups is 1. The highest BCUT2D eigenvalue weighted by atomic mass is 19.4. The molecule has 0 saturated carbocycles. The van der Waals surface area contributed by atoms with Crippen LogP contribution in [0, 0.1) is 5.41 Å². The second-order valence-electron chi connectivity index (χ2n) is 9.68. The van der Waals surface area contributed by atoms with Crippen LogP contribution in [0.25, 0.3) is 22.6 Å². The molecule has 1 fully saturated rings. The van der Waals surface area contributed by atoms with Crippen LogP contribution < -0.4 is 10.5 Å². The van der Waals surface area contributed by atoms with Crippen molar-refractivity contribution < 1.29 is 31.9 Å². The predicted octanol–water partition coefficient (Wildman–Crippen LogP) is 4.24. The average molecular weight is 561 g/mol. The number of esters is 1. The molecule has 3 heterocycles. The van der Waals surface area contributed by atoms with E-state index in [0.717, 1.165) is 32.4 Å². The van der Waals surface area contributed by atoms with Crippen molar-refractivity contribution in [2.75, 3.05) is 45.6 Å². The molecule has 1 saturated heterocycles. The van der Waals surface area contributed by atoms with Gasteiger partial charge in [0.05, 0.1) is 19.9 Å². The first kappa shape index (κ1) is 29.0. The highest BCUT2D eigenvalue weighted by Gasteiger charge is 2.31. The largest absolute Gasteiger partial charge is 0.480 e. The molecule has 0 unspecified atom stereocenters. The molecule has 0 atom stereocenters. The maximum absolute atomic E-state index is 12.6. The van der Waals surface area contributed by atoms with Crippen LogP contribution in [0.1, 0.15) is 35.5 Å². The lowest BCUT2D eigenvalue weighted by atomic mass is 9.97. The Labute approximate surface area is 229 Å². The number of aromatic nitrogens is 2. The summed E-state index contributed by atoms with van der Waals surface area (Å²) in [6.45, 7) is 6.95. The Balaban J connectivity index is 1.61. The molecule has 0 bridgehead atoms. The van der Waals surface area contributed by atoms with E-state index in [1.165, 1.54) is 19.4 Å². The van der Waals surface area contributed by atoms with E-state index in [9.17, 15) is 18.0 Å². The topological polar surface area (TPSA) is 131 Å². The normalized spacial score (nSPS) is 14.9. The van der Waals surface area contributed by atoms with Gasteiger partial charge in [-0.15, -0.1) is 0 Å². The Bertz CT molecular complexity index is 1370. The molecular weight excluding hydrogens is 529 g/mol. The zero-order chi connectivity index (χ0) is 29.0. The summed E-state index contributed by atoms with van der Waals surface area (Å²) < 4.78 is 53.2. The summed E-state index contributed by atoms with van der Waals surface area (Å²) in [5, 5.41) is 7.89. The first-order chi connectivity index (χ1) is 19.0. The number of piperazine rings is 1. The van der Waals surface area contributed by atoms with Gasteiger partial charge in [0.1, 0.15) is 11.3 Å². The third-order valence-electron chi connectivity index (χ3n) is 6.62. The van der Waals surface area contributed by atoms with E-state index in [2.05, 4.69) is 38.4 Å². The van der Waals surface area contributed by atoms with Crippen LogP contribution in [0.15, 0.2) is 35.0 Å². The third kappa shape index (κ3) is 6.77. The number of methoxy groups -OCH3 is 1. The van der Waals surface area contributed by atoms with Crippen molar-refractivity contribution in [2.24, 2.45) is 0 Å². The van der Waals surface area contributed by atoms with Gasteiger partial charge in [0.15, 0.2) is 6.61 Å². The van der Waals surface area contributed by atoms with Gasteiger partial charge in [-0.25, -0.2) is 14.8 Å². The van der Waals surface area contributed by atoms with E-state index < -0.39 is 18.8 Å². The van der Waals surface area contributed by atoms with E-state index in [-0.39, 0.29) is 23.0 Å². The molecule has 4 rings (SSSR count). The number of halogens is 3. The minimum atomic E-state index is -4.68. The van der Waals surface area contributed by atoms with E-state index >= 15 is 0 Å². The van der Waals surface area contributed by atoms with Gasteiger partial charge in [-0.3, -0.25) is 9.80 Å². The maximum atomic E-state index is 12.6. The Morgan fingerprint density at radius 3 is 2.50 bits per heavy atom. The number of alkyl halides is 3. The van der Waals surface area contributed by atoms with Crippen molar-refractivity contribution >= 4 is 17.9 Å². The number of nitrogens with zero attached hydrogens (tertiary/aromatic N) is 4. The number of nitrogens with one attached hydrogen (secondary N) is 1. The van der Waals surface area contributed by atoms with Crippen molar-refractivity contribution in [3.63, 3.8) is 0 Å². The number of nitrogens with two attached hydrogens (primary N) is 1. The summed E-state index contributed by atoms with van der Waals surface area (Å²) in [6.07, 6.45) is -0.558. The Morgan fingerprint density at radius 1 is 1.15 bits per heavy atom. The number of hydrogen-bond acceptors (Lipinski definition) is 10. The minimum Gasteiger partial charge on any atom is -0.480 e. The van der Waals surface area contributed by atoms with Crippen molar-refractivity contribution in [3.05, 3.63) is 47.5 Å². The van der Waals surface area contributed by atoms with Crippen LogP contribution in [0.3, 0.4) is 0 Å². The van der Waals surface area contributed by atoms with Crippen molar-refractivity contribution in [2.45, 2.75) is 32.6 Å².